The molecule has 1 N–H and O–H groups in total. The van der Waals surface area contributed by atoms with Crippen molar-refractivity contribution in [2.75, 3.05) is 7.05 Å². The Morgan fingerprint density at radius 3 is 2.77 bits per heavy atom. The molecular weight excluding hydrogens is 162 g/mol. The molecule has 0 spiro atoms. The van der Waals surface area contributed by atoms with Gasteiger partial charge in [-0.3, -0.25) is 0 Å². The van der Waals surface area contributed by atoms with Crippen LogP contribution in [-0.2, 0) is 6.42 Å². The smallest absolute Gasteiger partial charge is 0.108 e. The molecule has 0 radical (unpaired) electrons. The molecule has 0 aliphatic carbocycles. The largest absolute Gasteiger partial charge is 0.469 e. The Labute approximate surface area is 80.3 Å². The van der Waals surface area contributed by atoms with E-state index in [2.05, 4.69) is 25.2 Å². The highest BCUT2D eigenvalue weighted by atomic mass is 16.3. The number of nitrogens with one attached hydrogen (secondary N) is 1. The van der Waals surface area contributed by atoms with Crippen molar-refractivity contribution in [3.63, 3.8) is 0 Å². The van der Waals surface area contributed by atoms with Crippen molar-refractivity contribution in [1.29, 1.82) is 0 Å². The zero-order chi connectivity index (χ0) is 9.68. The first kappa shape index (κ1) is 10.3. The van der Waals surface area contributed by atoms with E-state index in [1.54, 1.807) is 6.26 Å². The molecule has 1 rings (SSSR count). The lowest BCUT2D eigenvalue weighted by molar-refractivity contribution is 0.484. The van der Waals surface area contributed by atoms with Crippen molar-refractivity contribution in [1.82, 2.24) is 5.32 Å². The van der Waals surface area contributed by atoms with E-state index in [9.17, 15) is 0 Å². The normalized spacial score (nSPS) is 13.2. The van der Waals surface area contributed by atoms with Gasteiger partial charge in [0.15, 0.2) is 0 Å². The van der Waals surface area contributed by atoms with Crippen molar-refractivity contribution < 1.29 is 4.42 Å². The first-order valence-corrected chi connectivity index (χ1v) is 5.07. The van der Waals surface area contributed by atoms with Gasteiger partial charge in [0.05, 0.1) is 6.26 Å². The molecule has 0 aliphatic rings. The van der Waals surface area contributed by atoms with Crippen LogP contribution in [0.3, 0.4) is 0 Å². The molecule has 1 unspecified atom stereocenters. The van der Waals surface area contributed by atoms with Crippen LogP contribution in [0.15, 0.2) is 16.7 Å². The van der Waals surface area contributed by atoms with Crippen LogP contribution in [0, 0.1) is 0 Å². The van der Waals surface area contributed by atoms with Crippen molar-refractivity contribution in [3.8, 4) is 0 Å². The average molecular weight is 181 g/mol. The highest BCUT2D eigenvalue weighted by Crippen LogP contribution is 2.23. The molecule has 1 aromatic heterocycles. The van der Waals surface area contributed by atoms with Crippen LogP contribution in [0.25, 0.3) is 0 Å². The van der Waals surface area contributed by atoms with Crippen molar-refractivity contribution >= 4 is 0 Å². The Kier molecular flexibility index (Phi) is 4.03. The summed E-state index contributed by atoms with van der Waals surface area (Å²) >= 11 is 0. The summed E-state index contributed by atoms with van der Waals surface area (Å²) in [6.07, 6.45) is 5.13. The zero-order valence-corrected chi connectivity index (χ0v) is 8.76. The van der Waals surface area contributed by atoms with Gasteiger partial charge in [0.1, 0.15) is 5.76 Å². The van der Waals surface area contributed by atoms with Gasteiger partial charge in [-0.05, 0) is 19.5 Å². The van der Waals surface area contributed by atoms with Crippen LogP contribution in [0.1, 0.15) is 44.1 Å². The third kappa shape index (κ3) is 2.34. The second-order valence-corrected chi connectivity index (χ2v) is 3.28. The van der Waals surface area contributed by atoms with Gasteiger partial charge < -0.3 is 9.73 Å². The predicted molar refractivity (Wildman–Crippen MR) is 54.8 cm³/mol. The fourth-order valence-electron chi connectivity index (χ4n) is 1.69. The molecule has 0 aliphatic heterocycles. The summed E-state index contributed by atoms with van der Waals surface area (Å²) < 4.78 is 5.40. The molecule has 1 heterocycles. The number of rotatable bonds is 5. The maximum absolute atomic E-state index is 5.40. The van der Waals surface area contributed by atoms with Crippen LogP contribution in [0.4, 0.5) is 0 Å². The van der Waals surface area contributed by atoms with Gasteiger partial charge in [0.25, 0.3) is 0 Å². The van der Waals surface area contributed by atoms with E-state index in [4.69, 9.17) is 4.42 Å². The summed E-state index contributed by atoms with van der Waals surface area (Å²) in [7, 11) is 2.01. The summed E-state index contributed by atoms with van der Waals surface area (Å²) in [6.45, 7) is 4.33. The van der Waals surface area contributed by atoms with Gasteiger partial charge in [-0.15, -0.1) is 0 Å². The lowest BCUT2D eigenvalue weighted by Crippen LogP contribution is -2.16. The Hall–Kier alpha value is -0.760. The van der Waals surface area contributed by atoms with E-state index in [1.165, 1.54) is 18.4 Å². The summed E-state index contributed by atoms with van der Waals surface area (Å²) in [6, 6.07) is 2.54. The molecule has 1 aromatic rings. The molecular formula is C11H19NO. The molecule has 0 bridgehead atoms. The monoisotopic (exact) mass is 181 g/mol. The van der Waals surface area contributed by atoms with Gasteiger partial charge in [0, 0.05) is 18.0 Å². The highest BCUT2D eigenvalue weighted by molar-refractivity contribution is 5.21. The lowest BCUT2D eigenvalue weighted by Gasteiger charge is -2.14. The van der Waals surface area contributed by atoms with E-state index in [1.807, 2.05) is 7.05 Å². The first-order valence-electron chi connectivity index (χ1n) is 5.07. The van der Waals surface area contributed by atoms with Gasteiger partial charge in [-0.25, -0.2) is 0 Å². The second kappa shape index (κ2) is 5.07. The minimum absolute atomic E-state index is 0.457. The third-order valence-corrected chi connectivity index (χ3v) is 2.40. The predicted octanol–water partition coefficient (Wildman–Crippen LogP) is 2.90. The van der Waals surface area contributed by atoms with Crippen LogP contribution in [-0.4, -0.2) is 7.05 Å². The average Bonchev–Trinajstić information content (AvgIpc) is 2.61. The fourth-order valence-corrected chi connectivity index (χ4v) is 1.69. The highest BCUT2D eigenvalue weighted by Gasteiger charge is 2.13. The standard InChI is InChI=1S/C11H19NO/c1-4-6-10(12-3)9-7-8-13-11(9)5-2/h7-8,10,12H,4-6H2,1-3H3. The molecule has 13 heavy (non-hydrogen) atoms. The Morgan fingerprint density at radius 2 is 2.23 bits per heavy atom. The first-order chi connectivity index (χ1) is 6.33. The fraction of sp³-hybridized carbons (Fsp3) is 0.636. The van der Waals surface area contributed by atoms with E-state index >= 15 is 0 Å². The van der Waals surface area contributed by atoms with Crippen LogP contribution >= 0.6 is 0 Å². The minimum Gasteiger partial charge on any atom is -0.469 e. The molecule has 2 nitrogen and oxygen atoms in total. The molecule has 2 heteroatoms. The molecule has 0 saturated heterocycles. The van der Waals surface area contributed by atoms with Crippen LogP contribution < -0.4 is 5.32 Å². The van der Waals surface area contributed by atoms with Crippen LogP contribution in [0.2, 0.25) is 0 Å². The van der Waals surface area contributed by atoms with Gasteiger partial charge in [0.2, 0.25) is 0 Å². The molecule has 1 atom stereocenters. The van der Waals surface area contributed by atoms with Crippen molar-refractivity contribution in [2.24, 2.45) is 0 Å². The number of hydrogen-bond acceptors (Lipinski definition) is 2. The van der Waals surface area contributed by atoms with Gasteiger partial charge >= 0.3 is 0 Å². The third-order valence-electron chi connectivity index (χ3n) is 2.40. The van der Waals surface area contributed by atoms with E-state index in [-0.39, 0.29) is 0 Å². The molecule has 0 fully saturated rings. The summed E-state index contributed by atoms with van der Waals surface area (Å²) in [5, 5.41) is 3.32. The number of aryl methyl sites for hydroxylation is 1. The molecule has 0 amide bonds. The van der Waals surface area contributed by atoms with Crippen LogP contribution in [0.5, 0.6) is 0 Å². The number of furan rings is 1. The summed E-state index contributed by atoms with van der Waals surface area (Å²) in [5.74, 6) is 1.12. The maximum Gasteiger partial charge on any atom is 0.108 e. The summed E-state index contributed by atoms with van der Waals surface area (Å²) in [4.78, 5) is 0. The SMILES string of the molecule is CCCC(NC)c1ccoc1CC. The lowest BCUT2D eigenvalue weighted by atomic mass is 10.0. The Bertz CT molecular complexity index is 242. The van der Waals surface area contributed by atoms with Gasteiger partial charge in [-0.1, -0.05) is 20.3 Å². The maximum atomic E-state index is 5.40. The van der Waals surface area contributed by atoms with Crippen molar-refractivity contribution in [3.05, 3.63) is 23.7 Å². The Balaban J connectivity index is 2.77. The Morgan fingerprint density at radius 1 is 1.46 bits per heavy atom. The van der Waals surface area contributed by atoms with E-state index < -0.39 is 0 Å². The van der Waals surface area contributed by atoms with E-state index in [0.29, 0.717) is 6.04 Å². The topological polar surface area (TPSA) is 25.2 Å². The number of hydrogen-bond donors (Lipinski definition) is 1. The second-order valence-electron chi connectivity index (χ2n) is 3.28. The molecule has 0 aromatic carbocycles. The quantitative estimate of drug-likeness (QED) is 0.755. The van der Waals surface area contributed by atoms with Crippen molar-refractivity contribution in [2.45, 2.75) is 39.2 Å². The molecule has 0 saturated carbocycles. The van der Waals surface area contributed by atoms with Gasteiger partial charge in [-0.2, -0.15) is 0 Å². The zero-order valence-electron chi connectivity index (χ0n) is 8.76. The van der Waals surface area contributed by atoms with E-state index in [0.717, 1.165) is 12.2 Å². The minimum atomic E-state index is 0.457. The summed E-state index contributed by atoms with van der Waals surface area (Å²) in [5.41, 5.74) is 1.33. The molecule has 74 valence electrons.